The third kappa shape index (κ3) is 2.72. The smallest absolute Gasteiger partial charge is 0.263 e. The van der Waals surface area contributed by atoms with Crippen LogP contribution in [-0.2, 0) is 11.2 Å². The summed E-state index contributed by atoms with van der Waals surface area (Å²) in [5, 5.41) is 0. The summed E-state index contributed by atoms with van der Waals surface area (Å²) >= 11 is 1.54. The molecule has 2 amide bonds. The molecule has 2 rings (SSSR count). The molecule has 0 saturated carbocycles. The summed E-state index contributed by atoms with van der Waals surface area (Å²) in [4.78, 5) is 27.2. The standard InChI is InChI=1S/C13H18N2O2S/c1-2-10-5-6-11(18-10)13(17)15-7-3-4-9(8-15)12(14)16/h5-6,9H,2-4,7-8H2,1H3,(H2,14,16)/t9-/m0/s1. The quantitative estimate of drug-likeness (QED) is 0.904. The highest BCUT2D eigenvalue weighted by atomic mass is 32.1. The Kier molecular flexibility index (Phi) is 4.01. The zero-order chi connectivity index (χ0) is 13.1. The molecule has 0 unspecified atom stereocenters. The first-order valence-corrected chi connectivity index (χ1v) is 7.10. The molecule has 1 atom stereocenters. The molecular weight excluding hydrogens is 248 g/mol. The fourth-order valence-corrected chi connectivity index (χ4v) is 3.15. The van der Waals surface area contributed by atoms with Crippen molar-refractivity contribution in [2.45, 2.75) is 26.2 Å². The van der Waals surface area contributed by atoms with Crippen LogP contribution in [-0.4, -0.2) is 29.8 Å². The monoisotopic (exact) mass is 266 g/mol. The summed E-state index contributed by atoms with van der Waals surface area (Å²) in [6.07, 6.45) is 2.59. The number of likely N-dealkylation sites (tertiary alicyclic amines) is 1. The number of piperidine rings is 1. The van der Waals surface area contributed by atoms with Gasteiger partial charge < -0.3 is 10.6 Å². The minimum Gasteiger partial charge on any atom is -0.369 e. The van der Waals surface area contributed by atoms with E-state index in [4.69, 9.17) is 5.73 Å². The number of carbonyl (C=O) groups excluding carboxylic acids is 2. The molecule has 1 aliphatic heterocycles. The number of aryl methyl sites for hydroxylation is 1. The normalized spacial score (nSPS) is 19.8. The van der Waals surface area contributed by atoms with Crippen LogP contribution in [0.5, 0.6) is 0 Å². The lowest BCUT2D eigenvalue weighted by atomic mass is 9.97. The topological polar surface area (TPSA) is 63.4 Å². The number of primary amides is 1. The number of carbonyl (C=O) groups is 2. The van der Waals surface area contributed by atoms with E-state index in [2.05, 4.69) is 6.92 Å². The van der Waals surface area contributed by atoms with Gasteiger partial charge in [0.25, 0.3) is 5.91 Å². The van der Waals surface area contributed by atoms with Gasteiger partial charge in [-0.2, -0.15) is 0 Å². The van der Waals surface area contributed by atoms with Crippen molar-refractivity contribution in [3.05, 3.63) is 21.9 Å². The van der Waals surface area contributed by atoms with E-state index in [0.29, 0.717) is 6.54 Å². The van der Waals surface area contributed by atoms with Gasteiger partial charge in [-0.1, -0.05) is 6.92 Å². The molecule has 4 nitrogen and oxygen atoms in total. The third-order valence-electron chi connectivity index (χ3n) is 3.33. The average molecular weight is 266 g/mol. The lowest BCUT2D eigenvalue weighted by Crippen LogP contribution is -2.43. The molecule has 2 heterocycles. The van der Waals surface area contributed by atoms with Crippen molar-refractivity contribution < 1.29 is 9.59 Å². The molecule has 0 spiro atoms. The lowest BCUT2D eigenvalue weighted by Gasteiger charge is -2.30. The molecule has 1 aromatic rings. The minimum atomic E-state index is -0.298. The van der Waals surface area contributed by atoms with Crippen LogP contribution >= 0.6 is 11.3 Å². The first kappa shape index (κ1) is 13.1. The molecule has 2 N–H and O–H groups in total. The number of amides is 2. The number of thiophene rings is 1. The van der Waals surface area contributed by atoms with Gasteiger partial charge in [0.1, 0.15) is 0 Å². The molecule has 18 heavy (non-hydrogen) atoms. The maximum absolute atomic E-state index is 12.3. The predicted molar refractivity (Wildman–Crippen MR) is 71.5 cm³/mol. The minimum absolute atomic E-state index is 0.0330. The van der Waals surface area contributed by atoms with E-state index in [1.807, 2.05) is 12.1 Å². The Hall–Kier alpha value is -1.36. The summed E-state index contributed by atoms with van der Waals surface area (Å²) in [5.74, 6) is -0.452. The third-order valence-corrected chi connectivity index (χ3v) is 4.55. The van der Waals surface area contributed by atoms with E-state index in [1.54, 1.807) is 4.90 Å². The number of hydrogen-bond acceptors (Lipinski definition) is 3. The first-order chi connectivity index (χ1) is 8.61. The van der Waals surface area contributed by atoms with Gasteiger partial charge in [-0.25, -0.2) is 0 Å². The van der Waals surface area contributed by atoms with Gasteiger partial charge in [0.15, 0.2) is 0 Å². The molecule has 1 aliphatic rings. The SMILES string of the molecule is CCc1ccc(C(=O)N2CCC[C@H](C(N)=O)C2)s1. The van der Waals surface area contributed by atoms with Gasteiger partial charge in [-0.3, -0.25) is 9.59 Å². The lowest BCUT2D eigenvalue weighted by molar-refractivity contribution is -0.123. The Labute approximate surface area is 111 Å². The van der Waals surface area contributed by atoms with Gasteiger partial charge in [0.05, 0.1) is 10.8 Å². The molecule has 0 radical (unpaired) electrons. The fraction of sp³-hybridized carbons (Fsp3) is 0.538. The molecule has 0 bridgehead atoms. The summed E-state index contributed by atoms with van der Waals surface area (Å²) in [5.41, 5.74) is 5.32. The van der Waals surface area contributed by atoms with Crippen molar-refractivity contribution in [1.82, 2.24) is 4.90 Å². The predicted octanol–water partition coefficient (Wildman–Crippen LogP) is 1.65. The van der Waals surface area contributed by atoms with Crippen molar-refractivity contribution in [1.29, 1.82) is 0 Å². The second kappa shape index (κ2) is 5.52. The maximum atomic E-state index is 12.3. The highest BCUT2D eigenvalue weighted by Crippen LogP contribution is 2.22. The highest BCUT2D eigenvalue weighted by molar-refractivity contribution is 7.14. The summed E-state index contributed by atoms with van der Waals surface area (Å²) in [6.45, 7) is 3.26. The highest BCUT2D eigenvalue weighted by Gasteiger charge is 2.28. The zero-order valence-corrected chi connectivity index (χ0v) is 11.3. The average Bonchev–Trinajstić information content (AvgIpc) is 2.86. The Morgan fingerprint density at radius 3 is 2.89 bits per heavy atom. The van der Waals surface area contributed by atoms with Gasteiger partial charge in [-0.15, -0.1) is 11.3 Å². The van der Waals surface area contributed by atoms with Crippen molar-refractivity contribution in [2.24, 2.45) is 11.7 Å². The summed E-state index contributed by atoms with van der Waals surface area (Å²) in [7, 11) is 0. The zero-order valence-electron chi connectivity index (χ0n) is 10.5. The van der Waals surface area contributed by atoms with Crippen LogP contribution in [0, 0.1) is 5.92 Å². The van der Waals surface area contributed by atoms with E-state index in [0.717, 1.165) is 30.7 Å². The molecular formula is C13H18N2O2S. The van der Waals surface area contributed by atoms with Crippen molar-refractivity contribution >= 4 is 23.2 Å². The van der Waals surface area contributed by atoms with Crippen LogP contribution in [0.25, 0.3) is 0 Å². The Bertz CT molecular complexity index is 456. The van der Waals surface area contributed by atoms with Crippen LogP contribution in [0.2, 0.25) is 0 Å². The van der Waals surface area contributed by atoms with Crippen LogP contribution in [0.3, 0.4) is 0 Å². The van der Waals surface area contributed by atoms with Gasteiger partial charge in [0, 0.05) is 18.0 Å². The second-order valence-corrected chi connectivity index (χ2v) is 5.78. The van der Waals surface area contributed by atoms with E-state index in [-0.39, 0.29) is 17.7 Å². The number of rotatable bonds is 3. The van der Waals surface area contributed by atoms with Crippen LogP contribution in [0.15, 0.2) is 12.1 Å². The maximum Gasteiger partial charge on any atom is 0.263 e. The Balaban J connectivity index is 2.06. The van der Waals surface area contributed by atoms with Gasteiger partial charge >= 0.3 is 0 Å². The largest absolute Gasteiger partial charge is 0.369 e. The first-order valence-electron chi connectivity index (χ1n) is 6.29. The van der Waals surface area contributed by atoms with Gasteiger partial charge in [0.2, 0.25) is 5.91 Å². The van der Waals surface area contributed by atoms with Crippen LogP contribution in [0.1, 0.15) is 34.3 Å². The molecule has 98 valence electrons. The molecule has 5 heteroatoms. The summed E-state index contributed by atoms with van der Waals surface area (Å²) in [6, 6.07) is 3.87. The molecule has 1 saturated heterocycles. The van der Waals surface area contributed by atoms with Crippen molar-refractivity contribution in [2.75, 3.05) is 13.1 Å². The van der Waals surface area contributed by atoms with Crippen molar-refractivity contribution in [3.63, 3.8) is 0 Å². The molecule has 0 aliphatic carbocycles. The van der Waals surface area contributed by atoms with Gasteiger partial charge in [-0.05, 0) is 31.4 Å². The van der Waals surface area contributed by atoms with E-state index in [1.165, 1.54) is 16.2 Å². The van der Waals surface area contributed by atoms with E-state index < -0.39 is 0 Å². The Morgan fingerprint density at radius 1 is 1.50 bits per heavy atom. The van der Waals surface area contributed by atoms with E-state index in [9.17, 15) is 9.59 Å². The van der Waals surface area contributed by atoms with Crippen LogP contribution in [0.4, 0.5) is 0 Å². The molecule has 0 aromatic carbocycles. The van der Waals surface area contributed by atoms with E-state index >= 15 is 0 Å². The van der Waals surface area contributed by atoms with Crippen molar-refractivity contribution in [3.8, 4) is 0 Å². The second-order valence-electron chi connectivity index (χ2n) is 4.61. The molecule has 1 aromatic heterocycles. The fourth-order valence-electron chi connectivity index (χ4n) is 2.23. The molecule has 1 fully saturated rings. The number of nitrogens with zero attached hydrogens (tertiary/aromatic N) is 1. The summed E-state index contributed by atoms with van der Waals surface area (Å²) < 4.78 is 0. The Morgan fingerprint density at radius 2 is 2.28 bits per heavy atom. The van der Waals surface area contributed by atoms with Crippen LogP contribution < -0.4 is 5.73 Å². The number of nitrogens with two attached hydrogens (primary N) is 1. The number of hydrogen-bond donors (Lipinski definition) is 1.